The van der Waals surface area contributed by atoms with Crippen LogP contribution < -0.4 is 20.3 Å². The first-order chi connectivity index (χ1) is 9.74. The molecule has 2 N–H and O–H groups in total. The third-order valence-electron chi connectivity index (χ3n) is 2.89. The number of hydrogen-bond donors (Lipinski definition) is 2. The molecule has 20 heavy (non-hydrogen) atoms. The van der Waals surface area contributed by atoms with Crippen molar-refractivity contribution in [1.82, 2.24) is 10.2 Å². The van der Waals surface area contributed by atoms with Gasteiger partial charge < -0.3 is 14.8 Å². The second kappa shape index (κ2) is 5.42. The van der Waals surface area contributed by atoms with E-state index in [9.17, 15) is 4.79 Å². The number of ether oxygens (including phenoxy) is 2. The van der Waals surface area contributed by atoms with E-state index in [-0.39, 0.29) is 5.02 Å². The second-order valence-corrected chi connectivity index (χ2v) is 4.64. The van der Waals surface area contributed by atoms with Crippen LogP contribution in [0.25, 0.3) is 0 Å². The highest BCUT2D eigenvalue weighted by Gasteiger charge is 2.12. The number of hydrogen-bond acceptors (Lipinski definition) is 5. The van der Waals surface area contributed by atoms with E-state index in [1.807, 2.05) is 18.2 Å². The van der Waals surface area contributed by atoms with Gasteiger partial charge in [0.05, 0.1) is 11.9 Å². The Balaban J connectivity index is 1.75. The molecule has 7 heteroatoms. The fourth-order valence-electron chi connectivity index (χ4n) is 1.90. The molecule has 2 aromatic rings. The number of aromatic amines is 1. The van der Waals surface area contributed by atoms with Crippen molar-refractivity contribution in [3.05, 3.63) is 45.3 Å². The highest BCUT2D eigenvalue weighted by Crippen LogP contribution is 2.31. The molecule has 0 saturated heterocycles. The largest absolute Gasteiger partial charge is 0.486 e. The van der Waals surface area contributed by atoms with Crippen molar-refractivity contribution in [3.63, 3.8) is 0 Å². The van der Waals surface area contributed by atoms with Gasteiger partial charge in [-0.3, -0.25) is 4.79 Å². The summed E-state index contributed by atoms with van der Waals surface area (Å²) < 4.78 is 11.0. The van der Waals surface area contributed by atoms with E-state index in [0.29, 0.717) is 25.4 Å². The van der Waals surface area contributed by atoms with Gasteiger partial charge in [-0.15, -0.1) is 0 Å². The summed E-state index contributed by atoms with van der Waals surface area (Å²) in [5.41, 5.74) is 1.06. The first kappa shape index (κ1) is 12.8. The van der Waals surface area contributed by atoms with Crippen LogP contribution in [0.15, 0.2) is 29.2 Å². The zero-order chi connectivity index (χ0) is 13.9. The van der Waals surface area contributed by atoms with Crippen molar-refractivity contribution in [2.75, 3.05) is 18.5 Å². The van der Waals surface area contributed by atoms with Crippen molar-refractivity contribution in [1.29, 1.82) is 0 Å². The van der Waals surface area contributed by atoms with Crippen LogP contribution in [0.2, 0.25) is 5.02 Å². The highest BCUT2D eigenvalue weighted by molar-refractivity contribution is 6.32. The first-order valence-corrected chi connectivity index (χ1v) is 6.47. The van der Waals surface area contributed by atoms with Crippen LogP contribution in [0.4, 0.5) is 5.69 Å². The fraction of sp³-hybridized carbons (Fsp3) is 0.231. The van der Waals surface area contributed by atoms with Gasteiger partial charge >= 0.3 is 0 Å². The molecule has 1 aromatic carbocycles. The quantitative estimate of drug-likeness (QED) is 0.902. The van der Waals surface area contributed by atoms with Crippen molar-refractivity contribution >= 4 is 17.3 Å². The molecular weight excluding hydrogens is 282 g/mol. The van der Waals surface area contributed by atoms with Gasteiger partial charge in [-0.1, -0.05) is 17.7 Å². The molecule has 0 saturated carbocycles. The molecule has 0 amide bonds. The maximum atomic E-state index is 11.3. The summed E-state index contributed by atoms with van der Waals surface area (Å²) in [6.45, 7) is 1.62. The lowest BCUT2D eigenvalue weighted by Crippen LogP contribution is -2.15. The zero-order valence-electron chi connectivity index (χ0n) is 10.5. The van der Waals surface area contributed by atoms with Crippen LogP contribution in [0.5, 0.6) is 11.5 Å². The number of rotatable bonds is 3. The van der Waals surface area contributed by atoms with Crippen molar-refractivity contribution in [3.8, 4) is 11.5 Å². The Labute approximate surface area is 119 Å². The molecule has 0 radical (unpaired) electrons. The Morgan fingerprint density at radius 1 is 1.30 bits per heavy atom. The average Bonchev–Trinajstić information content (AvgIpc) is 2.48. The number of nitrogens with one attached hydrogen (secondary N) is 2. The molecule has 2 heterocycles. The summed E-state index contributed by atoms with van der Waals surface area (Å²) in [4.78, 5) is 11.3. The number of aromatic nitrogens is 2. The molecule has 1 aliphatic rings. The Kier molecular flexibility index (Phi) is 3.47. The van der Waals surface area contributed by atoms with Gasteiger partial charge in [-0.2, -0.15) is 5.10 Å². The smallest absolute Gasteiger partial charge is 0.285 e. The van der Waals surface area contributed by atoms with E-state index in [1.54, 1.807) is 0 Å². The van der Waals surface area contributed by atoms with Crippen molar-refractivity contribution < 1.29 is 9.47 Å². The Hall–Kier alpha value is -2.21. The molecule has 104 valence electrons. The van der Waals surface area contributed by atoms with Gasteiger partial charge in [-0.05, 0) is 17.7 Å². The van der Waals surface area contributed by atoms with E-state index in [2.05, 4.69) is 15.5 Å². The summed E-state index contributed by atoms with van der Waals surface area (Å²) in [6.07, 6.45) is 1.47. The Morgan fingerprint density at radius 3 is 2.95 bits per heavy atom. The molecule has 6 nitrogen and oxygen atoms in total. The molecule has 0 spiro atoms. The van der Waals surface area contributed by atoms with Crippen LogP contribution in [0.3, 0.4) is 0 Å². The van der Waals surface area contributed by atoms with Gasteiger partial charge in [0.2, 0.25) is 0 Å². The van der Waals surface area contributed by atoms with Gasteiger partial charge in [-0.25, -0.2) is 5.10 Å². The average molecular weight is 294 g/mol. The van der Waals surface area contributed by atoms with Crippen LogP contribution in [0, 0.1) is 0 Å². The third-order valence-corrected chi connectivity index (χ3v) is 3.26. The summed E-state index contributed by atoms with van der Waals surface area (Å²) in [7, 11) is 0. The number of fused-ring (bicyclic) bond motifs is 1. The SMILES string of the molecule is O=c1[nH]ncc(NCc2ccc3c(c2)OCCO3)c1Cl. The number of anilines is 1. The molecule has 0 fully saturated rings. The fourth-order valence-corrected chi connectivity index (χ4v) is 2.06. The summed E-state index contributed by atoms with van der Waals surface area (Å²) in [5.74, 6) is 1.47. The van der Waals surface area contributed by atoms with Crippen LogP contribution >= 0.6 is 11.6 Å². The van der Waals surface area contributed by atoms with E-state index in [1.165, 1.54) is 6.20 Å². The molecule has 1 aliphatic heterocycles. The maximum absolute atomic E-state index is 11.3. The summed E-state index contributed by atoms with van der Waals surface area (Å²) in [5, 5.41) is 9.12. The molecule has 0 atom stereocenters. The predicted molar refractivity (Wildman–Crippen MR) is 74.6 cm³/mol. The molecule has 0 aliphatic carbocycles. The number of H-pyrrole nitrogens is 1. The molecule has 1 aromatic heterocycles. The maximum Gasteiger partial charge on any atom is 0.285 e. The van der Waals surface area contributed by atoms with Crippen LogP contribution in [0.1, 0.15) is 5.56 Å². The molecule has 3 rings (SSSR count). The number of benzene rings is 1. The van der Waals surface area contributed by atoms with Gasteiger partial charge in [0.25, 0.3) is 5.56 Å². The first-order valence-electron chi connectivity index (χ1n) is 6.09. The minimum Gasteiger partial charge on any atom is -0.486 e. The van der Waals surface area contributed by atoms with Crippen molar-refractivity contribution in [2.45, 2.75) is 6.54 Å². The van der Waals surface area contributed by atoms with Gasteiger partial charge in [0.1, 0.15) is 18.2 Å². The zero-order valence-corrected chi connectivity index (χ0v) is 11.2. The lowest BCUT2D eigenvalue weighted by atomic mass is 10.2. The second-order valence-electron chi connectivity index (χ2n) is 4.26. The van der Waals surface area contributed by atoms with Crippen LogP contribution in [-0.4, -0.2) is 23.4 Å². The molecular formula is C13H12ClN3O3. The molecule has 0 unspecified atom stereocenters. The lowest BCUT2D eigenvalue weighted by Gasteiger charge is -2.19. The number of nitrogens with zero attached hydrogens (tertiary/aromatic N) is 1. The van der Waals surface area contributed by atoms with E-state index < -0.39 is 5.56 Å². The highest BCUT2D eigenvalue weighted by atomic mass is 35.5. The lowest BCUT2D eigenvalue weighted by molar-refractivity contribution is 0.171. The van der Waals surface area contributed by atoms with E-state index in [4.69, 9.17) is 21.1 Å². The van der Waals surface area contributed by atoms with E-state index >= 15 is 0 Å². The summed E-state index contributed by atoms with van der Waals surface area (Å²) in [6, 6.07) is 5.69. The Bertz CT molecular complexity index is 687. The number of halogens is 1. The molecule has 0 bridgehead atoms. The van der Waals surface area contributed by atoms with Crippen LogP contribution in [-0.2, 0) is 6.54 Å². The summed E-state index contributed by atoms with van der Waals surface area (Å²) >= 11 is 5.88. The minimum atomic E-state index is -0.418. The normalized spacial score (nSPS) is 13.1. The Morgan fingerprint density at radius 2 is 2.10 bits per heavy atom. The monoisotopic (exact) mass is 293 g/mol. The van der Waals surface area contributed by atoms with Crippen molar-refractivity contribution in [2.24, 2.45) is 0 Å². The predicted octanol–water partition coefficient (Wildman–Crippen LogP) is 1.81. The van der Waals surface area contributed by atoms with Gasteiger partial charge in [0.15, 0.2) is 11.5 Å². The topological polar surface area (TPSA) is 76.2 Å². The van der Waals surface area contributed by atoms with E-state index in [0.717, 1.165) is 17.1 Å². The van der Waals surface area contributed by atoms with Gasteiger partial charge in [0, 0.05) is 6.54 Å². The minimum absolute atomic E-state index is 0.0949. The third kappa shape index (κ3) is 2.55. The standard InChI is InChI=1S/C13H12ClN3O3/c14-12-9(7-16-17-13(12)18)15-6-8-1-2-10-11(5-8)20-4-3-19-10/h1-2,5,7H,3-4,6H2,(H2,15,17,18).